The number of nitrogens with one attached hydrogen (secondary N) is 2. The molecule has 0 saturated carbocycles. The Morgan fingerprint density at radius 3 is 2.81 bits per heavy atom. The van der Waals surface area contributed by atoms with E-state index in [1.807, 2.05) is 11.4 Å². The number of imidazole rings is 1. The molecular weight excluding hydrogens is 356 g/mol. The fraction of sp³-hybridized carbons (Fsp3) is 0.190. The van der Waals surface area contributed by atoms with Gasteiger partial charge in [-0.15, -0.1) is 11.3 Å². The Morgan fingerprint density at radius 1 is 1.22 bits per heavy atom. The van der Waals surface area contributed by atoms with Gasteiger partial charge in [-0.2, -0.15) is 0 Å². The highest BCUT2D eigenvalue weighted by Crippen LogP contribution is 2.27. The van der Waals surface area contributed by atoms with Crippen molar-refractivity contribution >= 4 is 33.4 Å². The molecule has 2 aromatic carbocycles. The zero-order valence-corrected chi connectivity index (χ0v) is 16.0. The normalized spacial score (nSPS) is 12.2. The summed E-state index contributed by atoms with van der Waals surface area (Å²) in [5.74, 6) is 0.371. The molecule has 2 heterocycles. The predicted octanol–water partition coefficient (Wildman–Crippen LogP) is 5.45. The fourth-order valence-electron chi connectivity index (χ4n) is 2.93. The molecule has 0 spiro atoms. The third-order valence-electron chi connectivity index (χ3n) is 4.79. The molecule has 2 N–H and O–H groups in total. The van der Waals surface area contributed by atoms with E-state index in [4.69, 9.17) is 0 Å². The summed E-state index contributed by atoms with van der Waals surface area (Å²) in [6, 6.07) is 13.9. The third kappa shape index (κ3) is 3.61. The molecule has 0 unspecified atom stereocenters. The van der Waals surface area contributed by atoms with Crippen molar-refractivity contribution in [3.8, 4) is 11.3 Å². The standard InChI is InChI=1S/C21H20N4OS/c1-3-13(2)14-4-6-15(7-5-14)19-11-27-21(24-19)25-20(26)16-8-9-17-18(10-16)23-12-22-17/h4-13H,3H2,1-2H3,(H,22,23)(H,24,25,26)/t13-/m0/s1. The van der Waals surface area contributed by atoms with Crippen molar-refractivity contribution < 1.29 is 4.79 Å². The van der Waals surface area contributed by atoms with Crippen LogP contribution in [0.2, 0.25) is 0 Å². The van der Waals surface area contributed by atoms with Gasteiger partial charge in [0.05, 0.1) is 23.1 Å². The minimum absolute atomic E-state index is 0.181. The molecule has 0 aliphatic rings. The van der Waals surface area contributed by atoms with Gasteiger partial charge in [-0.25, -0.2) is 9.97 Å². The van der Waals surface area contributed by atoms with E-state index in [2.05, 4.69) is 58.4 Å². The zero-order valence-electron chi connectivity index (χ0n) is 15.2. The molecule has 4 aromatic rings. The van der Waals surface area contributed by atoms with Crippen molar-refractivity contribution in [3.05, 3.63) is 65.3 Å². The monoisotopic (exact) mass is 376 g/mol. The largest absolute Gasteiger partial charge is 0.345 e. The first-order valence-corrected chi connectivity index (χ1v) is 9.82. The van der Waals surface area contributed by atoms with Crippen LogP contribution in [0.1, 0.15) is 42.1 Å². The molecule has 1 amide bonds. The molecule has 4 rings (SSSR count). The lowest BCUT2D eigenvalue weighted by molar-refractivity contribution is 0.102. The number of fused-ring (bicyclic) bond motifs is 1. The minimum Gasteiger partial charge on any atom is -0.345 e. The van der Waals surface area contributed by atoms with E-state index < -0.39 is 0 Å². The van der Waals surface area contributed by atoms with E-state index in [-0.39, 0.29) is 5.91 Å². The van der Waals surface area contributed by atoms with Gasteiger partial charge in [0.1, 0.15) is 0 Å². The Labute approximate surface area is 161 Å². The Morgan fingerprint density at radius 2 is 2.04 bits per heavy atom. The Bertz CT molecular complexity index is 1080. The number of hydrogen-bond acceptors (Lipinski definition) is 4. The van der Waals surface area contributed by atoms with Gasteiger partial charge in [-0.1, -0.05) is 38.1 Å². The van der Waals surface area contributed by atoms with Crippen molar-refractivity contribution in [2.75, 3.05) is 5.32 Å². The quantitative estimate of drug-likeness (QED) is 0.486. The smallest absolute Gasteiger partial charge is 0.257 e. The average Bonchev–Trinajstić information content (AvgIpc) is 3.36. The summed E-state index contributed by atoms with van der Waals surface area (Å²) >= 11 is 1.42. The Hall–Kier alpha value is -2.99. The van der Waals surface area contributed by atoms with Crippen LogP contribution in [0.25, 0.3) is 22.3 Å². The number of amides is 1. The molecule has 6 heteroatoms. The molecule has 5 nitrogen and oxygen atoms in total. The summed E-state index contributed by atoms with van der Waals surface area (Å²) in [5, 5.41) is 5.43. The summed E-state index contributed by atoms with van der Waals surface area (Å²) in [4.78, 5) is 24.2. The maximum atomic E-state index is 12.5. The molecule has 0 aliphatic carbocycles. The number of carbonyl (C=O) groups is 1. The number of aromatic nitrogens is 3. The second kappa shape index (κ2) is 7.32. The van der Waals surface area contributed by atoms with E-state index >= 15 is 0 Å². The number of aromatic amines is 1. The molecule has 136 valence electrons. The lowest BCUT2D eigenvalue weighted by atomic mass is 9.97. The van der Waals surface area contributed by atoms with E-state index in [1.54, 1.807) is 18.5 Å². The summed E-state index contributed by atoms with van der Waals surface area (Å²) in [6.45, 7) is 4.42. The van der Waals surface area contributed by atoms with E-state index in [0.717, 1.165) is 28.7 Å². The number of benzene rings is 2. The SMILES string of the molecule is CC[C@H](C)c1ccc(-c2csc(NC(=O)c3ccc4nc[nH]c4c3)n2)cc1. The van der Waals surface area contributed by atoms with E-state index in [0.29, 0.717) is 16.6 Å². The molecular formula is C21H20N4OS. The van der Waals surface area contributed by atoms with Crippen LogP contribution in [-0.2, 0) is 0 Å². The van der Waals surface area contributed by atoms with E-state index in [9.17, 15) is 4.79 Å². The van der Waals surface area contributed by atoms with Gasteiger partial charge in [0, 0.05) is 16.5 Å². The van der Waals surface area contributed by atoms with E-state index in [1.165, 1.54) is 16.9 Å². The fourth-order valence-corrected chi connectivity index (χ4v) is 3.64. The van der Waals surface area contributed by atoms with Crippen LogP contribution in [0.3, 0.4) is 0 Å². The van der Waals surface area contributed by atoms with Crippen LogP contribution in [0.15, 0.2) is 54.2 Å². The highest BCUT2D eigenvalue weighted by Gasteiger charge is 2.12. The lowest BCUT2D eigenvalue weighted by Gasteiger charge is -2.08. The number of hydrogen-bond donors (Lipinski definition) is 2. The van der Waals surface area contributed by atoms with Gasteiger partial charge >= 0.3 is 0 Å². The van der Waals surface area contributed by atoms with Crippen LogP contribution in [0, 0.1) is 0 Å². The maximum absolute atomic E-state index is 12.5. The Kier molecular flexibility index (Phi) is 4.73. The summed E-state index contributed by atoms with van der Waals surface area (Å²) in [6.07, 6.45) is 2.74. The average molecular weight is 376 g/mol. The van der Waals surface area contributed by atoms with Crippen molar-refractivity contribution in [2.24, 2.45) is 0 Å². The highest BCUT2D eigenvalue weighted by molar-refractivity contribution is 7.14. The number of H-pyrrole nitrogens is 1. The first-order valence-electron chi connectivity index (χ1n) is 8.94. The number of nitrogens with zero attached hydrogens (tertiary/aromatic N) is 2. The van der Waals surface area contributed by atoms with Gasteiger partial charge in [-0.3, -0.25) is 10.1 Å². The Balaban J connectivity index is 1.49. The molecule has 27 heavy (non-hydrogen) atoms. The molecule has 0 radical (unpaired) electrons. The van der Waals surface area contributed by atoms with Crippen LogP contribution >= 0.6 is 11.3 Å². The van der Waals surface area contributed by atoms with Gasteiger partial charge in [0.2, 0.25) is 0 Å². The second-order valence-electron chi connectivity index (χ2n) is 6.56. The van der Waals surface area contributed by atoms with Gasteiger partial charge < -0.3 is 4.98 Å². The number of anilines is 1. The molecule has 2 aromatic heterocycles. The van der Waals surface area contributed by atoms with Crippen LogP contribution in [0.5, 0.6) is 0 Å². The van der Waals surface area contributed by atoms with Crippen LogP contribution in [0.4, 0.5) is 5.13 Å². The highest BCUT2D eigenvalue weighted by atomic mass is 32.1. The summed E-state index contributed by atoms with van der Waals surface area (Å²) in [7, 11) is 0. The second-order valence-corrected chi connectivity index (χ2v) is 7.42. The van der Waals surface area contributed by atoms with Gasteiger partial charge in [0.25, 0.3) is 5.91 Å². The molecule has 0 saturated heterocycles. The number of carbonyl (C=O) groups excluding carboxylic acids is 1. The molecule has 0 aliphatic heterocycles. The third-order valence-corrected chi connectivity index (χ3v) is 5.55. The van der Waals surface area contributed by atoms with Crippen LogP contribution in [-0.4, -0.2) is 20.9 Å². The topological polar surface area (TPSA) is 70.7 Å². The van der Waals surface area contributed by atoms with Crippen LogP contribution < -0.4 is 5.32 Å². The molecule has 1 atom stereocenters. The molecule has 0 fully saturated rings. The maximum Gasteiger partial charge on any atom is 0.257 e. The van der Waals surface area contributed by atoms with Gasteiger partial charge in [-0.05, 0) is 36.1 Å². The number of thiazole rings is 1. The first kappa shape index (κ1) is 17.4. The van der Waals surface area contributed by atoms with Crippen molar-refractivity contribution in [2.45, 2.75) is 26.2 Å². The summed E-state index contributed by atoms with van der Waals surface area (Å²) in [5.41, 5.74) is 5.50. The number of rotatable bonds is 5. The molecule has 0 bridgehead atoms. The predicted molar refractivity (Wildman–Crippen MR) is 110 cm³/mol. The van der Waals surface area contributed by atoms with Crippen molar-refractivity contribution in [3.63, 3.8) is 0 Å². The summed E-state index contributed by atoms with van der Waals surface area (Å²) < 4.78 is 0. The zero-order chi connectivity index (χ0) is 18.8. The van der Waals surface area contributed by atoms with Gasteiger partial charge in [0.15, 0.2) is 5.13 Å². The van der Waals surface area contributed by atoms with Crippen molar-refractivity contribution in [1.82, 2.24) is 15.0 Å². The van der Waals surface area contributed by atoms with Crippen molar-refractivity contribution in [1.29, 1.82) is 0 Å². The lowest BCUT2D eigenvalue weighted by Crippen LogP contribution is -2.11. The minimum atomic E-state index is -0.181. The first-order chi connectivity index (χ1) is 13.1.